The lowest BCUT2D eigenvalue weighted by atomic mass is 10.0. The van der Waals surface area contributed by atoms with E-state index in [2.05, 4.69) is 10.6 Å². The highest BCUT2D eigenvalue weighted by atomic mass is 32.1. The summed E-state index contributed by atoms with van der Waals surface area (Å²) in [4.78, 5) is 37.8. The number of thiophene rings is 1. The molecule has 3 heterocycles. The van der Waals surface area contributed by atoms with Crippen LogP contribution in [0.25, 0.3) is 0 Å². The smallest absolute Gasteiger partial charge is 0.289 e. The van der Waals surface area contributed by atoms with E-state index in [0.29, 0.717) is 43.8 Å². The Morgan fingerprint density at radius 2 is 2.04 bits per heavy atom. The van der Waals surface area contributed by atoms with Crippen molar-refractivity contribution in [3.8, 4) is 0 Å². The minimum atomic E-state index is -0.106. The van der Waals surface area contributed by atoms with Gasteiger partial charge in [-0.05, 0) is 42.8 Å². The van der Waals surface area contributed by atoms with Gasteiger partial charge in [0.25, 0.3) is 11.8 Å². The molecule has 0 spiro atoms. The molecule has 0 radical (unpaired) electrons. The normalized spacial score (nSPS) is 14.7. The number of rotatable bonds is 7. The van der Waals surface area contributed by atoms with Crippen molar-refractivity contribution in [1.82, 2.24) is 15.5 Å². The molecule has 1 fully saturated rings. The molecule has 27 heavy (non-hydrogen) atoms. The first-order valence-electron chi connectivity index (χ1n) is 9.06. The molecule has 3 rings (SSSR count). The van der Waals surface area contributed by atoms with Gasteiger partial charge in [0.05, 0.1) is 6.26 Å². The van der Waals surface area contributed by atoms with E-state index in [1.807, 2.05) is 5.38 Å². The van der Waals surface area contributed by atoms with Gasteiger partial charge in [0, 0.05) is 43.0 Å². The Hall–Kier alpha value is -2.61. The maximum Gasteiger partial charge on any atom is 0.289 e. The largest absolute Gasteiger partial charge is 0.459 e. The van der Waals surface area contributed by atoms with Crippen molar-refractivity contribution < 1.29 is 18.8 Å². The van der Waals surface area contributed by atoms with Crippen molar-refractivity contribution in [2.24, 2.45) is 0 Å². The molecular weight excluding hydrogens is 366 g/mol. The Labute approximate surface area is 161 Å². The minimum absolute atomic E-state index is 0.0180. The predicted octanol–water partition coefficient (Wildman–Crippen LogP) is 2.27. The van der Waals surface area contributed by atoms with Gasteiger partial charge in [0.2, 0.25) is 5.91 Å². The predicted molar refractivity (Wildman–Crippen MR) is 102 cm³/mol. The van der Waals surface area contributed by atoms with Crippen LogP contribution in [0.15, 0.2) is 39.6 Å². The Morgan fingerprint density at radius 1 is 1.22 bits per heavy atom. The number of piperidine rings is 1. The summed E-state index contributed by atoms with van der Waals surface area (Å²) in [6.45, 7) is 1.67. The molecule has 8 heteroatoms. The van der Waals surface area contributed by atoms with Crippen LogP contribution in [-0.2, 0) is 4.79 Å². The zero-order chi connectivity index (χ0) is 19.1. The average molecular weight is 389 g/mol. The zero-order valence-corrected chi connectivity index (χ0v) is 15.8. The molecule has 1 saturated heterocycles. The highest BCUT2D eigenvalue weighted by Crippen LogP contribution is 2.14. The third kappa shape index (κ3) is 5.43. The van der Waals surface area contributed by atoms with Gasteiger partial charge in [-0.1, -0.05) is 0 Å². The van der Waals surface area contributed by atoms with E-state index < -0.39 is 0 Å². The summed E-state index contributed by atoms with van der Waals surface area (Å²) < 4.78 is 5.14. The Kier molecular flexibility index (Phi) is 6.64. The SMILES string of the molecule is O=C(CCCNC(=O)c1ccsc1)NC1CCN(C(=O)c2ccco2)CC1. The second kappa shape index (κ2) is 9.36. The monoisotopic (exact) mass is 389 g/mol. The van der Waals surface area contributed by atoms with E-state index in [9.17, 15) is 14.4 Å². The van der Waals surface area contributed by atoms with Crippen molar-refractivity contribution in [2.75, 3.05) is 19.6 Å². The molecule has 0 atom stereocenters. The molecule has 0 unspecified atom stereocenters. The van der Waals surface area contributed by atoms with Gasteiger partial charge in [-0.25, -0.2) is 0 Å². The first-order chi connectivity index (χ1) is 13.1. The number of furan rings is 1. The van der Waals surface area contributed by atoms with Crippen LogP contribution in [0.1, 0.15) is 46.6 Å². The first-order valence-corrected chi connectivity index (χ1v) is 10.0. The van der Waals surface area contributed by atoms with Crippen LogP contribution in [0.2, 0.25) is 0 Å². The lowest BCUT2D eigenvalue weighted by molar-refractivity contribution is -0.122. The number of carbonyl (C=O) groups excluding carboxylic acids is 3. The molecule has 1 aliphatic rings. The Morgan fingerprint density at radius 3 is 2.70 bits per heavy atom. The zero-order valence-electron chi connectivity index (χ0n) is 15.0. The summed E-state index contributed by atoms with van der Waals surface area (Å²) in [6.07, 6.45) is 3.91. The first kappa shape index (κ1) is 19.2. The van der Waals surface area contributed by atoms with Gasteiger partial charge >= 0.3 is 0 Å². The van der Waals surface area contributed by atoms with Crippen LogP contribution < -0.4 is 10.6 Å². The average Bonchev–Trinajstić information content (AvgIpc) is 3.39. The molecule has 2 aromatic rings. The summed E-state index contributed by atoms with van der Waals surface area (Å²) in [5.74, 6) is 0.119. The molecule has 0 saturated carbocycles. The Balaban J connectivity index is 1.30. The van der Waals surface area contributed by atoms with E-state index in [1.54, 1.807) is 28.5 Å². The fourth-order valence-corrected chi connectivity index (χ4v) is 3.67. The lowest BCUT2D eigenvalue weighted by Gasteiger charge is -2.31. The number of hydrogen-bond acceptors (Lipinski definition) is 5. The van der Waals surface area contributed by atoms with Crippen molar-refractivity contribution in [3.05, 3.63) is 46.5 Å². The molecule has 0 aliphatic carbocycles. The molecule has 2 N–H and O–H groups in total. The highest BCUT2D eigenvalue weighted by molar-refractivity contribution is 7.08. The third-order valence-corrected chi connectivity index (χ3v) is 5.21. The fraction of sp³-hybridized carbons (Fsp3) is 0.421. The van der Waals surface area contributed by atoms with Crippen molar-refractivity contribution in [3.63, 3.8) is 0 Å². The number of nitrogens with one attached hydrogen (secondary N) is 2. The van der Waals surface area contributed by atoms with E-state index >= 15 is 0 Å². The molecule has 3 amide bonds. The Bertz CT molecular complexity index is 750. The topological polar surface area (TPSA) is 91.7 Å². The van der Waals surface area contributed by atoms with Crippen LogP contribution in [0, 0.1) is 0 Å². The molecule has 2 aromatic heterocycles. The summed E-state index contributed by atoms with van der Waals surface area (Å²) >= 11 is 1.48. The molecule has 144 valence electrons. The van der Waals surface area contributed by atoms with Gasteiger partial charge in [0.1, 0.15) is 0 Å². The quantitative estimate of drug-likeness (QED) is 0.711. The number of likely N-dealkylation sites (tertiary alicyclic amines) is 1. The van der Waals surface area contributed by atoms with Gasteiger partial charge in [0.15, 0.2) is 5.76 Å². The summed E-state index contributed by atoms with van der Waals surface area (Å²) in [6, 6.07) is 5.21. The van der Waals surface area contributed by atoms with Crippen molar-refractivity contribution in [1.29, 1.82) is 0 Å². The van der Waals surface area contributed by atoms with Gasteiger partial charge < -0.3 is 20.0 Å². The second-order valence-electron chi connectivity index (χ2n) is 6.48. The summed E-state index contributed by atoms with van der Waals surface area (Å²) in [5, 5.41) is 9.48. The number of carbonyl (C=O) groups is 3. The molecular formula is C19H23N3O4S. The van der Waals surface area contributed by atoms with Crippen LogP contribution in [0.4, 0.5) is 0 Å². The van der Waals surface area contributed by atoms with Crippen molar-refractivity contribution >= 4 is 29.1 Å². The molecule has 7 nitrogen and oxygen atoms in total. The molecule has 0 aromatic carbocycles. The highest BCUT2D eigenvalue weighted by Gasteiger charge is 2.25. The standard InChI is InChI=1S/C19H23N3O4S/c23-17(4-1-8-20-18(24)14-7-12-27-13-14)21-15-5-9-22(10-6-15)19(25)16-3-2-11-26-16/h2-3,7,11-13,15H,1,4-6,8-10H2,(H,20,24)(H,21,23). The van der Waals surface area contributed by atoms with Gasteiger partial charge in [-0.3, -0.25) is 14.4 Å². The van der Waals surface area contributed by atoms with E-state index in [0.717, 1.165) is 12.8 Å². The van der Waals surface area contributed by atoms with Crippen LogP contribution in [0.3, 0.4) is 0 Å². The number of nitrogens with zero attached hydrogens (tertiary/aromatic N) is 1. The summed E-state index contributed by atoms with van der Waals surface area (Å²) in [7, 11) is 0. The van der Waals surface area contributed by atoms with Crippen LogP contribution in [0.5, 0.6) is 0 Å². The summed E-state index contributed by atoms with van der Waals surface area (Å²) in [5.41, 5.74) is 0.653. The maximum atomic E-state index is 12.2. The maximum absolute atomic E-state index is 12.2. The number of hydrogen-bond donors (Lipinski definition) is 2. The van der Waals surface area contributed by atoms with E-state index in [4.69, 9.17) is 4.42 Å². The minimum Gasteiger partial charge on any atom is -0.459 e. The van der Waals surface area contributed by atoms with Gasteiger partial charge in [-0.2, -0.15) is 11.3 Å². The van der Waals surface area contributed by atoms with Crippen molar-refractivity contribution in [2.45, 2.75) is 31.7 Å². The van der Waals surface area contributed by atoms with Gasteiger partial charge in [-0.15, -0.1) is 0 Å². The molecule has 0 bridgehead atoms. The number of amides is 3. The fourth-order valence-electron chi connectivity index (χ4n) is 3.03. The second-order valence-corrected chi connectivity index (χ2v) is 7.26. The van der Waals surface area contributed by atoms with Crippen LogP contribution >= 0.6 is 11.3 Å². The van der Waals surface area contributed by atoms with E-state index in [-0.39, 0.29) is 23.8 Å². The molecule has 1 aliphatic heterocycles. The third-order valence-electron chi connectivity index (χ3n) is 4.53. The lowest BCUT2D eigenvalue weighted by Crippen LogP contribution is -2.46. The van der Waals surface area contributed by atoms with E-state index in [1.165, 1.54) is 17.6 Å². The van der Waals surface area contributed by atoms with Crippen LogP contribution in [-0.4, -0.2) is 48.3 Å².